The van der Waals surface area contributed by atoms with Gasteiger partial charge in [-0.2, -0.15) is 0 Å². The quantitative estimate of drug-likeness (QED) is 0.375. The third-order valence-electron chi connectivity index (χ3n) is 5.54. The highest BCUT2D eigenvalue weighted by Gasteiger charge is 2.24. The van der Waals surface area contributed by atoms with Gasteiger partial charge in [0.25, 0.3) is 0 Å². The second-order valence-corrected chi connectivity index (χ2v) is 7.63. The van der Waals surface area contributed by atoms with Crippen LogP contribution in [0, 0.1) is 11.8 Å². The van der Waals surface area contributed by atoms with Gasteiger partial charge in [-0.05, 0) is 45.2 Å². The van der Waals surface area contributed by atoms with Gasteiger partial charge in [-0.3, -0.25) is 9.89 Å². The smallest absolute Gasteiger partial charge is 0.194 e. The number of nitrogens with one attached hydrogen (secondary N) is 1. The molecule has 7 heteroatoms. The van der Waals surface area contributed by atoms with Crippen molar-refractivity contribution in [2.75, 3.05) is 79.2 Å². The molecular weight excluding hydrogens is 429 g/mol. The Kier molecular flexibility index (Phi) is 9.23. The van der Waals surface area contributed by atoms with E-state index in [0.717, 1.165) is 70.3 Å². The van der Waals surface area contributed by atoms with E-state index in [9.17, 15) is 0 Å². The number of rotatable bonds is 5. The first-order valence-electron chi connectivity index (χ1n) is 9.76. The SMILES string of the molecule is CCNC(=NCC1CCN(C)C1)N1CCN(CC2CCOC2)CC1.I. The Morgan fingerprint density at radius 1 is 1.12 bits per heavy atom. The van der Waals surface area contributed by atoms with Gasteiger partial charge < -0.3 is 19.9 Å². The molecule has 3 aliphatic heterocycles. The first kappa shape index (κ1) is 21.2. The number of hydrogen-bond donors (Lipinski definition) is 1. The van der Waals surface area contributed by atoms with Crippen LogP contribution < -0.4 is 5.32 Å². The summed E-state index contributed by atoms with van der Waals surface area (Å²) in [4.78, 5) is 12.4. The lowest BCUT2D eigenvalue weighted by atomic mass is 10.1. The van der Waals surface area contributed by atoms with Gasteiger partial charge in [-0.15, -0.1) is 24.0 Å². The van der Waals surface area contributed by atoms with E-state index in [-0.39, 0.29) is 24.0 Å². The number of halogens is 1. The van der Waals surface area contributed by atoms with Crippen LogP contribution in [0.5, 0.6) is 0 Å². The summed E-state index contributed by atoms with van der Waals surface area (Å²) >= 11 is 0. The Morgan fingerprint density at radius 2 is 1.92 bits per heavy atom. The lowest BCUT2D eigenvalue weighted by molar-refractivity contribution is 0.139. The Hall–Kier alpha value is -0.120. The Labute approximate surface area is 170 Å². The first-order valence-corrected chi connectivity index (χ1v) is 9.76. The van der Waals surface area contributed by atoms with Crippen molar-refractivity contribution in [3.05, 3.63) is 0 Å². The summed E-state index contributed by atoms with van der Waals surface area (Å²) in [7, 11) is 2.21. The predicted octanol–water partition coefficient (Wildman–Crippen LogP) is 1.18. The molecule has 3 aliphatic rings. The van der Waals surface area contributed by atoms with Crippen LogP contribution in [0.25, 0.3) is 0 Å². The second-order valence-electron chi connectivity index (χ2n) is 7.63. The highest BCUT2D eigenvalue weighted by molar-refractivity contribution is 14.0. The van der Waals surface area contributed by atoms with Crippen molar-refractivity contribution < 1.29 is 4.74 Å². The van der Waals surface area contributed by atoms with Gasteiger partial charge in [0.2, 0.25) is 0 Å². The Morgan fingerprint density at radius 3 is 2.52 bits per heavy atom. The van der Waals surface area contributed by atoms with Gasteiger partial charge >= 0.3 is 0 Å². The summed E-state index contributed by atoms with van der Waals surface area (Å²) < 4.78 is 5.51. The summed E-state index contributed by atoms with van der Waals surface area (Å²) in [5.41, 5.74) is 0. The van der Waals surface area contributed by atoms with Gasteiger partial charge in [-0.25, -0.2) is 0 Å². The summed E-state index contributed by atoms with van der Waals surface area (Å²) in [5, 5.41) is 3.50. The molecule has 0 bridgehead atoms. The molecular formula is C18H36IN5O. The van der Waals surface area contributed by atoms with Gasteiger partial charge in [0, 0.05) is 59.0 Å². The molecule has 1 N–H and O–H groups in total. The molecule has 0 radical (unpaired) electrons. The summed E-state index contributed by atoms with van der Waals surface area (Å²) in [6.07, 6.45) is 2.52. The molecule has 0 spiro atoms. The van der Waals surface area contributed by atoms with Crippen LogP contribution in [0.4, 0.5) is 0 Å². The van der Waals surface area contributed by atoms with E-state index in [0.29, 0.717) is 0 Å². The van der Waals surface area contributed by atoms with E-state index in [1.54, 1.807) is 0 Å². The molecule has 0 aromatic heterocycles. The van der Waals surface area contributed by atoms with Crippen molar-refractivity contribution in [2.45, 2.75) is 19.8 Å². The highest BCUT2D eigenvalue weighted by Crippen LogP contribution is 2.16. The van der Waals surface area contributed by atoms with E-state index >= 15 is 0 Å². The van der Waals surface area contributed by atoms with Crippen LogP contribution in [0.3, 0.4) is 0 Å². The molecule has 0 aromatic carbocycles. The van der Waals surface area contributed by atoms with E-state index < -0.39 is 0 Å². The van der Waals surface area contributed by atoms with E-state index in [4.69, 9.17) is 9.73 Å². The largest absolute Gasteiger partial charge is 0.381 e. The van der Waals surface area contributed by atoms with Crippen LogP contribution in [0.2, 0.25) is 0 Å². The van der Waals surface area contributed by atoms with Crippen molar-refractivity contribution in [1.29, 1.82) is 0 Å². The molecule has 0 amide bonds. The summed E-state index contributed by atoms with van der Waals surface area (Å²) in [5.74, 6) is 2.60. The summed E-state index contributed by atoms with van der Waals surface area (Å²) in [6.45, 7) is 14.1. The number of guanidine groups is 1. The zero-order chi connectivity index (χ0) is 16.8. The van der Waals surface area contributed by atoms with Crippen molar-refractivity contribution in [1.82, 2.24) is 20.0 Å². The molecule has 3 heterocycles. The number of piperazine rings is 1. The van der Waals surface area contributed by atoms with Crippen LogP contribution in [-0.2, 0) is 4.74 Å². The fourth-order valence-corrected chi connectivity index (χ4v) is 4.05. The van der Waals surface area contributed by atoms with E-state index in [1.165, 1.54) is 32.5 Å². The molecule has 6 nitrogen and oxygen atoms in total. The Balaban J connectivity index is 0.00000225. The van der Waals surface area contributed by atoms with E-state index in [1.807, 2.05) is 0 Å². The van der Waals surface area contributed by atoms with Crippen molar-refractivity contribution in [3.8, 4) is 0 Å². The standard InChI is InChI=1S/C18H35N5O.HI/c1-3-19-18(20-12-16-4-6-21(2)13-16)23-9-7-22(8-10-23)14-17-5-11-24-15-17;/h16-17H,3-15H2,1-2H3,(H,19,20);1H. The maximum Gasteiger partial charge on any atom is 0.194 e. The second kappa shape index (κ2) is 10.9. The predicted molar refractivity (Wildman–Crippen MR) is 114 cm³/mol. The normalized spacial score (nSPS) is 29.0. The summed E-state index contributed by atoms with van der Waals surface area (Å²) in [6, 6.07) is 0. The molecule has 3 rings (SSSR count). The average Bonchev–Trinajstić information content (AvgIpc) is 3.24. The van der Waals surface area contributed by atoms with Crippen molar-refractivity contribution >= 4 is 29.9 Å². The average molecular weight is 465 g/mol. The maximum atomic E-state index is 5.51. The number of aliphatic imine (C=N–C) groups is 1. The topological polar surface area (TPSA) is 43.3 Å². The van der Waals surface area contributed by atoms with Crippen molar-refractivity contribution in [3.63, 3.8) is 0 Å². The lowest BCUT2D eigenvalue weighted by Gasteiger charge is -2.37. The number of hydrogen-bond acceptors (Lipinski definition) is 4. The Bertz CT molecular complexity index is 408. The lowest BCUT2D eigenvalue weighted by Crippen LogP contribution is -2.53. The third-order valence-corrected chi connectivity index (χ3v) is 5.54. The number of likely N-dealkylation sites (tertiary alicyclic amines) is 1. The molecule has 3 saturated heterocycles. The zero-order valence-corrected chi connectivity index (χ0v) is 18.3. The van der Waals surface area contributed by atoms with Gasteiger partial charge in [0.15, 0.2) is 5.96 Å². The molecule has 0 aliphatic carbocycles. The van der Waals surface area contributed by atoms with E-state index in [2.05, 4.69) is 34.0 Å². The minimum absolute atomic E-state index is 0. The minimum Gasteiger partial charge on any atom is -0.381 e. The fourth-order valence-electron chi connectivity index (χ4n) is 4.05. The number of ether oxygens (including phenoxy) is 1. The molecule has 25 heavy (non-hydrogen) atoms. The van der Waals surface area contributed by atoms with Gasteiger partial charge in [0.1, 0.15) is 0 Å². The molecule has 3 fully saturated rings. The van der Waals surface area contributed by atoms with Crippen LogP contribution in [0.15, 0.2) is 4.99 Å². The molecule has 146 valence electrons. The molecule has 2 unspecified atom stereocenters. The zero-order valence-electron chi connectivity index (χ0n) is 16.0. The minimum atomic E-state index is 0. The number of nitrogens with zero attached hydrogens (tertiary/aromatic N) is 4. The van der Waals surface area contributed by atoms with Crippen molar-refractivity contribution in [2.24, 2.45) is 16.8 Å². The van der Waals surface area contributed by atoms with Crippen LogP contribution in [-0.4, -0.2) is 99.8 Å². The third kappa shape index (κ3) is 6.52. The van der Waals surface area contributed by atoms with Crippen LogP contribution >= 0.6 is 24.0 Å². The monoisotopic (exact) mass is 465 g/mol. The molecule has 2 atom stereocenters. The van der Waals surface area contributed by atoms with Gasteiger partial charge in [0.05, 0.1) is 6.61 Å². The highest BCUT2D eigenvalue weighted by atomic mass is 127. The van der Waals surface area contributed by atoms with Crippen LogP contribution in [0.1, 0.15) is 19.8 Å². The first-order chi connectivity index (χ1) is 11.7. The maximum absolute atomic E-state index is 5.51. The molecule has 0 saturated carbocycles. The molecule has 0 aromatic rings. The fraction of sp³-hybridized carbons (Fsp3) is 0.944. The van der Waals surface area contributed by atoms with Gasteiger partial charge in [-0.1, -0.05) is 0 Å².